The molecule has 2 aliphatic rings. The number of rotatable bonds is 6. The molecule has 0 unspecified atom stereocenters. The van der Waals surface area contributed by atoms with Crippen molar-refractivity contribution >= 4 is 11.8 Å². The summed E-state index contributed by atoms with van der Waals surface area (Å²) in [7, 11) is 0. The Morgan fingerprint density at radius 2 is 0.889 bits per heavy atom. The third-order valence-corrected chi connectivity index (χ3v) is 5.24. The van der Waals surface area contributed by atoms with Crippen LogP contribution in [0, 0.1) is 0 Å². The Balaban J connectivity index is 2.08. The van der Waals surface area contributed by atoms with Crippen LogP contribution < -0.4 is 10.6 Å². The number of carbonyl (C=O) groups excluding carboxylic acids is 2. The summed E-state index contributed by atoms with van der Waals surface area (Å²) in [6.07, 6.45) is 5.35. The fourth-order valence-electron chi connectivity index (χ4n) is 3.53. The smallest absolute Gasteiger partial charge is 0.348 e. The zero-order valence-corrected chi connectivity index (χ0v) is 14.8. The number of hydrogen-bond acceptors (Lipinski definition) is 2. The lowest BCUT2D eigenvalue weighted by Gasteiger charge is -2.33. The van der Waals surface area contributed by atoms with Gasteiger partial charge in [0.25, 0.3) is 11.8 Å². The molecule has 0 heterocycles. The highest BCUT2D eigenvalue weighted by atomic mass is 19.3. The molecule has 156 valence electrons. The summed E-state index contributed by atoms with van der Waals surface area (Å²) in [6.45, 7) is 0. The van der Waals surface area contributed by atoms with Gasteiger partial charge in [-0.1, -0.05) is 38.5 Å². The van der Waals surface area contributed by atoms with Gasteiger partial charge >= 0.3 is 17.8 Å². The summed E-state index contributed by atoms with van der Waals surface area (Å²) in [4.78, 5) is 23.3. The first-order valence-corrected chi connectivity index (χ1v) is 9.25. The van der Waals surface area contributed by atoms with Crippen LogP contribution in [0.4, 0.5) is 26.3 Å². The summed E-state index contributed by atoms with van der Waals surface area (Å²) in [6, 6.07) is -1.53. The van der Waals surface area contributed by atoms with Crippen LogP contribution in [0.5, 0.6) is 0 Å². The topological polar surface area (TPSA) is 58.2 Å². The second kappa shape index (κ2) is 8.26. The molecule has 0 atom stereocenters. The maximum absolute atomic E-state index is 14.0. The van der Waals surface area contributed by atoms with Crippen molar-refractivity contribution in [2.75, 3.05) is 0 Å². The average Bonchev–Trinajstić information content (AvgIpc) is 2.63. The van der Waals surface area contributed by atoms with Crippen LogP contribution in [0.2, 0.25) is 0 Å². The lowest BCUT2D eigenvalue weighted by atomic mass is 9.94. The molecule has 0 bridgehead atoms. The third-order valence-electron chi connectivity index (χ3n) is 5.24. The molecule has 2 N–H and O–H groups in total. The molecular formula is C17H24F6N2O2. The SMILES string of the molecule is O=C(NC1CCCCC1)C(F)(F)C(F)(F)C(F)(F)C(=O)NC1CCCCC1. The third kappa shape index (κ3) is 4.51. The Labute approximate surface area is 153 Å². The van der Waals surface area contributed by atoms with Gasteiger partial charge in [-0.15, -0.1) is 0 Å². The van der Waals surface area contributed by atoms with Crippen LogP contribution >= 0.6 is 0 Å². The van der Waals surface area contributed by atoms with Gasteiger partial charge in [0.05, 0.1) is 0 Å². The molecule has 10 heteroatoms. The maximum Gasteiger partial charge on any atom is 0.393 e. The van der Waals surface area contributed by atoms with Crippen LogP contribution in [0.3, 0.4) is 0 Å². The molecule has 2 fully saturated rings. The van der Waals surface area contributed by atoms with Crippen molar-refractivity contribution in [3.63, 3.8) is 0 Å². The van der Waals surface area contributed by atoms with Gasteiger partial charge in [-0.3, -0.25) is 9.59 Å². The molecule has 2 aliphatic carbocycles. The normalized spacial score (nSPS) is 21.0. The highest BCUT2D eigenvalue weighted by molar-refractivity contribution is 5.90. The standard InChI is InChI=1S/C17H24F6N2O2/c18-15(19,13(26)24-11-7-3-1-4-8-11)17(22,23)16(20,21)14(27)25-12-9-5-2-6-10-12/h11-12H,1-10H2,(H,24,26)(H,25,27). The molecule has 2 saturated carbocycles. The van der Waals surface area contributed by atoms with E-state index in [1.807, 2.05) is 0 Å². The van der Waals surface area contributed by atoms with Gasteiger partial charge < -0.3 is 10.6 Å². The molecule has 27 heavy (non-hydrogen) atoms. The van der Waals surface area contributed by atoms with Gasteiger partial charge in [-0.05, 0) is 25.7 Å². The number of nitrogens with one attached hydrogen (secondary N) is 2. The number of carbonyl (C=O) groups is 2. The minimum atomic E-state index is -6.16. The Kier molecular flexibility index (Phi) is 6.68. The lowest BCUT2D eigenvalue weighted by molar-refractivity contribution is -0.287. The molecule has 4 nitrogen and oxygen atoms in total. The average molecular weight is 402 g/mol. The molecule has 0 spiro atoms. The van der Waals surface area contributed by atoms with Gasteiger partial charge in [-0.25, -0.2) is 0 Å². The van der Waals surface area contributed by atoms with E-state index in [0.717, 1.165) is 12.8 Å². The maximum atomic E-state index is 14.0. The summed E-state index contributed by atoms with van der Waals surface area (Å²) in [5.41, 5.74) is 0. The monoisotopic (exact) mass is 402 g/mol. The Bertz CT molecular complexity index is 498. The van der Waals surface area contributed by atoms with Gasteiger partial charge in [0, 0.05) is 12.1 Å². The van der Waals surface area contributed by atoms with Crippen molar-refractivity contribution in [3.8, 4) is 0 Å². The van der Waals surface area contributed by atoms with Crippen molar-refractivity contribution in [1.29, 1.82) is 0 Å². The number of hydrogen-bond donors (Lipinski definition) is 2. The molecular weight excluding hydrogens is 378 g/mol. The van der Waals surface area contributed by atoms with Crippen LogP contribution in [-0.2, 0) is 9.59 Å². The van der Waals surface area contributed by atoms with E-state index in [4.69, 9.17) is 0 Å². The predicted octanol–water partition coefficient (Wildman–Crippen LogP) is 3.79. The summed E-state index contributed by atoms with van der Waals surface area (Å²) in [5.74, 6) is -22.6. The first kappa shape index (κ1) is 21.8. The molecule has 2 rings (SSSR count). The highest BCUT2D eigenvalue weighted by Crippen LogP contribution is 2.46. The van der Waals surface area contributed by atoms with E-state index in [1.165, 1.54) is 0 Å². The summed E-state index contributed by atoms with van der Waals surface area (Å²) in [5, 5.41) is 3.45. The van der Waals surface area contributed by atoms with E-state index in [-0.39, 0.29) is 0 Å². The van der Waals surface area contributed by atoms with Gasteiger partial charge in [0.1, 0.15) is 0 Å². The molecule has 0 aromatic heterocycles. The fourth-order valence-corrected chi connectivity index (χ4v) is 3.53. The van der Waals surface area contributed by atoms with E-state index in [9.17, 15) is 35.9 Å². The molecule has 0 saturated heterocycles. The first-order valence-electron chi connectivity index (χ1n) is 9.25. The van der Waals surface area contributed by atoms with E-state index in [1.54, 1.807) is 10.6 Å². The second-order valence-electron chi connectivity index (χ2n) is 7.34. The van der Waals surface area contributed by atoms with Crippen LogP contribution in [0.1, 0.15) is 64.2 Å². The van der Waals surface area contributed by atoms with Gasteiger partial charge in [0.15, 0.2) is 0 Å². The lowest BCUT2D eigenvalue weighted by Crippen LogP contribution is -2.66. The second-order valence-corrected chi connectivity index (χ2v) is 7.34. The van der Waals surface area contributed by atoms with Crippen molar-refractivity contribution in [1.82, 2.24) is 10.6 Å². The first-order chi connectivity index (χ1) is 12.5. The van der Waals surface area contributed by atoms with Crippen LogP contribution in [0.25, 0.3) is 0 Å². The number of amides is 2. The predicted molar refractivity (Wildman–Crippen MR) is 84.9 cm³/mol. The van der Waals surface area contributed by atoms with E-state index in [0.29, 0.717) is 51.4 Å². The molecule has 2 amide bonds. The minimum absolute atomic E-state index is 0.311. The van der Waals surface area contributed by atoms with Gasteiger partial charge in [-0.2, -0.15) is 26.3 Å². The molecule has 0 aromatic rings. The highest BCUT2D eigenvalue weighted by Gasteiger charge is 2.78. The zero-order valence-electron chi connectivity index (χ0n) is 14.8. The Morgan fingerprint density at radius 3 is 1.19 bits per heavy atom. The molecule has 0 radical (unpaired) electrons. The quantitative estimate of drug-likeness (QED) is 0.665. The minimum Gasteiger partial charge on any atom is -0.348 e. The molecule has 0 aromatic carbocycles. The van der Waals surface area contributed by atoms with E-state index in [2.05, 4.69) is 0 Å². The largest absolute Gasteiger partial charge is 0.393 e. The van der Waals surface area contributed by atoms with Crippen molar-refractivity contribution in [2.45, 2.75) is 94.1 Å². The van der Waals surface area contributed by atoms with E-state index < -0.39 is 41.7 Å². The van der Waals surface area contributed by atoms with Crippen LogP contribution in [0.15, 0.2) is 0 Å². The molecule has 0 aliphatic heterocycles. The Morgan fingerprint density at radius 1 is 0.593 bits per heavy atom. The van der Waals surface area contributed by atoms with Crippen LogP contribution in [-0.4, -0.2) is 41.7 Å². The van der Waals surface area contributed by atoms with Gasteiger partial charge in [0.2, 0.25) is 0 Å². The number of alkyl halides is 6. The summed E-state index contributed by atoms with van der Waals surface area (Å²) < 4.78 is 83.8. The van der Waals surface area contributed by atoms with Crippen molar-refractivity contribution < 1.29 is 35.9 Å². The number of halogens is 6. The van der Waals surface area contributed by atoms with Crippen molar-refractivity contribution in [2.24, 2.45) is 0 Å². The van der Waals surface area contributed by atoms with E-state index >= 15 is 0 Å². The fraction of sp³-hybridized carbons (Fsp3) is 0.882. The van der Waals surface area contributed by atoms with Crippen molar-refractivity contribution in [3.05, 3.63) is 0 Å². The Hall–Kier alpha value is -1.48. The summed E-state index contributed by atoms with van der Waals surface area (Å²) >= 11 is 0. The zero-order chi connectivity index (χ0) is 20.3.